The second-order valence-corrected chi connectivity index (χ2v) is 6.64. The summed E-state index contributed by atoms with van der Waals surface area (Å²) >= 11 is 1.45. The van der Waals surface area contributed by atoms with Crippen LogP contribution in [-0.2, 0) is 11.3 Å². The van der Waals surface area contributed by atoms with Gasteiger partial charge in [-0.1, -0.05) is 11.8 Å². The lowest BCUT2D eigenvalue weighted by Gasteiger charge is -2.12. The molecule has 1 N–H and O–H groups in total. The topological polar surface area (TPSA) is 72.7 Å². The molecule has 1 unspecified atom stereocenters. The van der Waals surface area contributed by atoms with Crippen LogP contribution in [0.3, 0.4) is 0 Å². The van der Waals surface area contributed by atoms with Gasteiger partial charge < -0.3 is 9.88 Å². The van der Waals surface area contributed by atoms with Crippen LogP contribution in [0, 0.1) is 0 Å². The predicted octanol–water partition coefficient (Wildman–Crippen LogP) is 2.12. The Labute approximate surface area is 133 Å². The lowest BCUT2D eigenvalue weighted by molar-refractivity contribution is -0.120. The Bertz CT molecular complexity index is 653. The lowest BCUT2D eigenvalue weighted by atomic mass is 10.2. The van der Waals surface area contributed by atoms with Crippen molar-refractivity contribution in [3.63, 3.8) is 0 Å². The molecule has 0 aliphatic heterocycles. The van der Waals surface area contributed by atoms with Crippen LogP contribution in [0.4, 0.5) is 0 Å². The molecule has 1 atom stereocenters. The van der Waals surface area contributed by atoms with Crippen LogP contribution in [0.25, 0.3) is 11.4 Å². The minimum absolute atomic E-state index is 0.0728. The van der Waals surface area contributed by atoms with E-state index in [0.29, 0.717) is 6.04 Å². The van der Waals surface area contributed by atoms with Gasteiger partial charge in [0.2, 0.25) is 5.91 Å². The molecule has 3 rings (SSSR count). The van der Waals surface area contributed by atoms with Crippen LogP contribution >= 0.6 is 11.8 Å². The van der Waals surface area contributed by atoms with Crippen molar-refractivity contribution in [1.29, 1.82) is 0 Å². The summed E-state index contributed by atoms with van der Waals surface area (Å²) in [6.07, 6.45) is 5.67. The maximum Gasteiger partial charge on any atom is 0.233 e. The van der Waals surface area contributed by atoms with Crippen LogP contribution in [0.15, 0.2) is 29.7 Å². The summed E-state index contributed by atoms with van der Waals surface area (Å²) in [4.78, 5) is 16.1. The van der Waals surface area contributed by atoms with Gasteiger partial charge in [0.25, 0.3) is 0 Å². The molecule has 0 bridgehead atoms. The number of nitrogens with zero attached hydrogens (tertiary/aromatic N) is 4. The lowest BCUT2D eigenvalue weighted by Crippen LogP contribution is -2.32. The van der Waals surface area contributed by atoms with E-state index in [1.807, 2.05) is 30.5 Å². The van der Waals surface area contributed by atoms with E-state index in [1.165, 1.54) is 11.8 Å². The fourth-order valence-electron chi connectivity index (χ4n) is 2.13. The number of nitrogens with one attached hydrogen (secondary N) is 1. The molecule has 2 aromatic heterocycles. The van der Waals surface area contributed by atoms with Crippen LogP contribution in [0.2, 0.25) is 0 Å². The molecule has 1 aliphatic carbocycles. The van der Waals surface area contributed by atoms with E-state index >= 15 is 0 Å². The van der Waals surface area contributed by atoms with Crippen molar-refractivity contribution in [3.05, 3.63) is 24.5 Å². The second-order valence-electron chi connectivity index (χ2n) is 5.33. The van der Waals surface area contributed by atoms with Gasteiger partial charge in [-0.15, -0.1) is 10.2 Å². The minimum atomic E-state index is -0.180. The van der Waals surface area contributed by atoms with Crippen molar-refractivity contribution < 1.29 is 4.79 Å². The largest absolute Gasteiger partial charge is 0.352 e. The molecule has 1 fully saturated rings. The first-order chi connectivity index (χ1) is 10.7. The average Bonchev–Trinajstić information content (AvgIpc) is 3.26. The first-order valence-corrected chi connectivity index (χ1v) is 8.37. The first-order valence-electron chi connectivity index (χ1n) is 7.49. The number of aromatic nitrogens is 4. The Kier molecular flexibility index (Phi) is 4.42. The molecule has 0 radical (unpaired) electrons. The predicted molar refractivity (Wildman–Crippen MR) is 85.4 cm³/mol. The number of rotatable bonds is 6. The zero-order valence-electron chi connectivity index (χ0n) is 12.7. The van der Waals surface area contributed by atoms with Gasteiger partial charge in [0.05, 0.1) is 5.25 Å². The number of hydrogen-bond donors (Lipinski definition) is 1. The first kappa shape index (κ1) is 15.0. The molecule has 0 saturated heterocycles. The van der Waals surface area contributed by atoms with E-state index < -0.39 is 0 Å². The van der Waals surface area contributed by atoms with Crippen molar-refractivity contribution in [2.75, 3.05) is 0 Å². The third-order valence-corrected chi connectivity index (χ3v) is 4.63. The molecule has 116 valence electrons. The highest BCUT2D eigenvalue weighted by molar-refractivity contribution is 8.00. The number of amides is 1. The van der Waals surface area contributed by atoms with Crippen molar-refractivity contribution in [3.8, 4) is 11.4 Å². The SMILES string of the molecule is CCn1c(SC(C)C(=O)NC2CC2)nnc1-c1ccncc1. The van der Waals surface area contributed by atoms with Gasteiger partial charge in [-0.05, 0) is 38.8 Å². The zero-order chi connectivity index (χ0) is 15.5. The average molecular weight is 317 g/mol. The summed E-state index contributed by atoms with van der Waals surface area (Å²) in [7, 11) is 0. The Morgan fingerprint density at radius 2 is 2.14 bits per heavy atom. The molecule has 1 saturated carbocycles. The van der Waals surface area contributed by atoms with Gasteiger partial charge in [0.1, 0.15) is 0 Å². The number of carbonyl (C=O) groups is 1. The Balaban J connectivity index is 1.76. The molecule has 1 amide bonds. The smallest absolute Gasteiger partial charge is 0.233 e. The third-order valence-electron chi connectivity index (χ3n) is 3.55. The normalized spacial score (nSPS) is 15.5. The van der Waals surface area contributed by atoms with E-state index in [2.05, 4.69) is 20.5 Å². The third kappa shape index (κ3) is 3.30. The quantitative estimate of drug-likeness (QED) is 0.826. The Morgan fingerprint density at radius 1 is 1.41 bits per heavy atom. The number of pyridine rings is 1. The molecular weight excluding hydrogens is 298 g/mol. The standard InChI is InChI=1S/C15H19N5OS/c1-3-20-13(11-6-8-16-9-7-11)18-19-15(20)22-10(2)14(21)17-12-4-5-12/h6-10,12H,3-5H2,1-2H3,(H,17,21). The van der Waals surface area contributed by atoms with Gasteiger partial charge in [-0.25, -0.2) is 0 Å². The van der Waals surface area contributed by atoms with Gasteiger partial charge in [0.15, 0.2) is 11.0 Å². The summed E-state index contributed by atoms with van der Waals surface area (Å²) in [5.74, 6) is 0.880. The van der Waals surface area contributed by atoms with E-state index in [-0.39, 0.29) is 11.2 Å². The highest BCUT2D eigenvalue weighted by atomic mass is 32.2. The highest BCUT2D eigenvalue weighted by Gasteiger charge is 2.27. The van der Waals surface area contributed by atoms with Gasteiger partial charge >= 0.3 is 0 Å². The summed E-state index contributed by atoms with van der Waals surface area (Å²) < 4.78 is 2.03. The van der Waals surface area contributed by atoms with Crippen molar-refractivity contribution in [2.24, 2.45) is 0 Å². The number of carbonyl (C=O) groups excluding carboxylic acids is 1. The van der Waals surface area contributed by atoms with Crippen molar-refractivity contribution >= 4 is 17.7 Å². The molecule has 0 aromatic carbocycles. The maximum absolute atomic E-state index is 12.1. The molecule has 22 heavy (non-hydrogen) atoms. The summed E-state index contributed by atoms with van der Waals surface area (Å²) in [6, 6.07) is 4.20. The molecule has 7 heteroatoms. The van der Waals surface area contributed by atoms with Crippen LogP contribution < -0.4 is 5.32 Å². The second kappa shape index (κ2) is 6.48. The summed E-state index contributed by atoms with van der Waals surface area (Å²) in [6.45, 7) is 4.71. The molecule has 6 nitrogen and oxygen atoms in total. The highest BCUT2D eigenvalue weighted by Crippen LogP contribution is 2.27. The van der Waals surface area contributed by atoms with Gasteiger partial charge in [-0.3, -0.25) is 9.78 Å². The van der Waals surface area contributed by atoms with E-state index in [4.69, 9.17) is 0 Å². The molecular formula is C15H19N5OS. The summed E-state index contributed by atoms with van der Waals surface area (Å²) in [5.41, 5.74) is 0.978. The minimum Gasteiger partial charge on any atom is -0.352 e. The van der Waals surface area contributed by atoms with Gasteiger partial charge in [-0.2, -0.15) is 0 Å². The monoisotopic (exact) mass is 317 g/mol. The van der Waals surface area contributed by atoms with E-state index in [0.717, 1.165) is 35.9 Å². The van der Waals surface area contributed by atoms with Crippen molar-refractivity contribution in [1.82, 2.24) is 25.1 Å². The molecule has 0 spiro atoms. The van der Waals surface area contributed by atoms with Crippen molar-refractivity contribution in [2.45, 2.75) is 49.7 Å². The fourth-order valence-corrected chi connectivity index (χ4v) is 3.06. The number of hydrogen-bond acceptors (Lipinski definition) is 5. The van der Waals surface area contributed by atoms with Crippen LogP contribution in [0.1, 0.15) is 26.7 Å². The van der Waals surface area contributed by atoms with Crippen LogP contribution in [-0.4, -0.2) is 36.9 Å². The van der Waals surface area contributed by atoms with E-state index in [9.17, 15) is 4.79 Å². The van der Waals surface area contributed by atoms with E-state index in [1.54, 1.807) is 12.4 Å². The van der Waals surface area contributed by atoms with Crippen LogP contribution in [0.5, 0.6) is 0 Å². The zero-order valence-corrected chi connectivity index (χ0v) is 13.5. The fraction of sp³-hybridized carbons (Fsp3) is 0.467. The van der Waals surface area contributed by atoms with Gasteiger partial charge in [0, 0.05) is 30.5 Å². The molecule has 1 aliphatic rings. The number of thioether (sulfide) groups is 1. The Morgan fingerprint density at radius 3 is 2.77 bits per heavy atom. The Hall–Kier alpha value is -1.89. The summed E-state index contributed by atoms with van der Waals surface area (Å²) in [5, 5.41) is 12.1. The molecule has 2 heterocycles. The maximum atomic E-state index is 12.1. The molecule has 2 aromatic rings.